The molecule has 0 fully saturated rings. The van der Waals surface area contributed by atoms with Crippen LogP contribution >= 0.6 is 34.2 Å². The van der Waals surface area contributed by atoms with Crippen molar-refractivity contribution in [3.8, 4) is 5.75 Å². The second-order valence-corrected chi connectivity index (χ2v) is 8.84. The molecule has 0 unspecified atom stereocenters. The first-order chi connectivity index (χ1) is 14.2. The van der Waals surface area contributed by atoms with Crippen LogP contribution in [0.4, 0.5) is 14.5 Å². The van der Waals surface area contributed by atoms with E-state index < -0.39 is 55.8 Å². The number of hydrogen-bond acceptors (Lipinski definition) is 8. The molecular formula is C16H9ClF2INO9S. The number of nitro benzene ring substituents is 1. The number of benzene rings is 2. The minimum atomic E-state index is -5.90. The smallest absolute Gasteiger partial charge is 0.402 e. The zero-order chi connectivity index (χ0) is 23.6. The summed E-state index contributed by atoms with van der Waals surface area (Å²) in [4.78, 5) is 34.4. The normalized spacial score (nSPS) is 11.6. The van der Waals surface area contributed by atoms with Crippen molar-refractivity contribution in [3.63, 3.8) is 0 Å². The second-order valence-electron chi connectivity index (χ2n) is 5.64. The highest BCUT2D eigenvalue weighted by molar-refractivity contribution is 14.1. The highest BCUT2D eigenvalue weighted by Gasteiger charge is 2.46. The Morgan fingerprint density at radius 2 is 1.81 bits per heavy atom. The van der Waals surface area contributed by atoms with Gasteiger partial charge in [-0.25, -0.2) is 9.59 Å². The number of alkyl halides is 2. The zero-order valence-electron chi connectivity index (χ0n) is 14.8. The zero-order valence-corrected chi connectivity index (χ0v) is 18.5. The number of rotatable bonds is 7. The number of esters is 2. The molecule has 0 aliphatic heterocycles. The molecule has 0 spiro atoms. The van der Waals surface area contributed by atoms with Crippen molar-refractivity contribution in [2.45, 2.75) is 5.25 Å². The third-order valence-corrected chi connectivity index (χ3v) is 5.35. The van der Waals surface area contributed by atoms with Crippen molar-refractivity contribution in [2.75, 3.05) is 6.61 Å². The highest BCUT2D eigenvalue weighted by Crippen LogP contribution is 2.28. The van der Waals surface area contributed by atoms with Gasteiger partial charge >= 0.3 is 27.3 Å². The number of hydrogen-bond donors (Lipinski definition) is 1. The first-order valence-electron chi connectivity index (χ1n) is 7.70. The lowest BCUT2D eigenvalue weighted by Gasteiger charge is -2.13. The predicted octanol–water partition coefficient (Wildman–Crippen LogP) is 3.71. The van der Waals surface area contributed by atoms with E-state index in [4.69, 9.17) is 20.9 Å². The van der Waals surface area contributed by atoms with Crippen molar-refractivity contribution < 1.29 is 45.7 Å². The summed E-state index contributed by atoms with van der Waals surface area (Å²) in [6.07, 6.45) is 0. The largest absolute Gasteiger partial charge is 0.454 e. The fraction of sp³-hybridized carbons (Fsp3) is 0.125. The van der Waals surface area contributed by atoms with Crippen molar-refractivity contribution >= 4 is 61.9 Å². The first-order valence-corrected chi connectivity index (χ1v) is 10.6. The summed E-state index contributed by atoms with van der Waals surface area (Å²) in [5.41, 5.74) is -1.86. The van der Waals surface area contributed by atoms with E-state index in [0.29, 0.717) is 6.07 Å². The maximum Gasteiger partial charge on any atom is 0.402 e. The Bertz CT molecular complexity index is 1170. The van der Waals surface area contributed by atoms with E-state index in [0.717, 1.165) is 15.7 Å². The van der Waals surface area contributed by atoms with Crippen LogP contribution in [0.25, 0.3) is 0 Å². The minimum absolute atomic E-state index is 0.0471. The SMILES string of the molecule is O=C(Oc1ccc([N+](=O)[O-])c(C(=O)OCC(F)(F)S(=O)(=O)O)c1)c1ccc(I)cc1Cl. The molecule has 2 aromatic rings. The lowest BCUT2D eigenvalue weighted by atomic mass is 10.1. The van der Waals surface area contributed by atoms with Gasteiger partial charge in [-0.2, -0.15) is 17.2 Å². The van der Waals surface area contributed by atoms with E-state index in [1.165, 1.54) is 12.1 Å². The van der Waals surface area contributed by atoms with E-state index >= 15 is 0 Å². The molecule has 15 heteroatoms. The Balaban J connectivity index is 2.31. The Labute approximate surface area is 191 Å². The summed E-state index contributed by atoms with van der Waals surface area (Å²) in [6.45, 7) is -2.11. The maximum absolute atomic E-state index is 13.2. The van der Waals surface area contributed by atoms with Crippen LogP contribution in [0, 0.1) is 13.7 Å². The predicted molar refractivity (Wildman–Crippen MR) is 109 cm³/mol. The van der Waals surface area contributed by atoms with Gasteiger partial charge in [0, 0.05) is 15.7 Å². The van der Waals surface area contributed by atoms with Crippen LogP contribution in [0.1, 0.15) is 20.7 Å². The van der Waals surface area contributed by atoms with Gasteiger partial charge in [0.1, 0.15) is 11.3 Å². The van der Waals surface area contributed by atoms with Crippen LogP contribution in [-0.2, 0) is 14.9 Å². The molecule has 2 aromatic carbocycles. The van der Waals surface area contributed by atoms with Gasteiger partial charge < -0.3 is 9.47 Å². The van der Waals surface area contributed by atoms with Crippen molar-refractivity contribution in [2.24, 2.45) is 0 Å². The van der Waals surface area contributed by atoms with Crippen LogP contribution in [-0.4, -0.2) is 41.7 Å². The van der Waals surface area contributed by atoms with Crippen molar-refractivity contribution in [3.05, 3.63) is 66.2 Å². The molecule has 0 saturated heterocycles. The third kappa shape index (κ3) is 6.05. The Hall–Kier alpha value is -2.43. The molecule has 0 radical (unpaired) electrons. The number of halogens is 4. The van der Waals surface area contributed by atoms with E-state index in [1.54, 1.807) is 6.07 Å². The molecule has 0 aliphatic carbocycles. The van der Waals surface area contributed by atoms with Gasteiger partial charge in [0.05, 0.1) is 15.5 Å². The van der Waals surface area contributed by atoms with Gasteiger partial charge in [-0.05, 0) is 46.9 Å². The van der Waals surface area contributed by atoms with E-state index in [-0.39, 0.29) is 10.6 Å². The van der Waals surface area contributed by atoms with E-state index in [1.807, 2.05) is 22.6 Å². The molecule has 10 nitrogen and oxygen atoms in total. The topological polar surface area (TPSA) is 150 Å². The molecule has 0 aliphatic rings. The van der Waals surface area contributed by atoms with E-state index in [9.17, 15) is 36.9 Å². The average molecular weight is 592 g/mol. The van der Waals surface area contributed by atoms with Crippen LogP contribution in [0.3, 0.4) is 0 Å². The highest BCUT2D eigenvalue weighted by atomic mass is 127. The molecule has 0 bridgehead atoms. The quantitative estimate of drug-likeness (QED) is 0.127. The fourth-order valence-electron chi connectivity index (χ4n) is 2.02. The number of carbonyl (C=O) groups is 2. The molecule has 0 heterocycles. The van der Waals surface area contributed by atoms with Crippen LogP contribution in [0.15, 0.2) is 36.4 Å². The monoisotopic (exact) mass is 591 g/mol. The second kappa shape index (κ2) is 9.37. The Morgan fingerprint density at radius 1 is 1.16 bits per heavy atom. The molecule has 31 heavy (non-hydrogen) atoms. The Kier molecular flexibility index (Phi) is 7.51. The minimum Gasteiger partial charge on any atom is -0.454 e. The first kappa shape index (κ1) is 24.8. The van der Waals surface area contributed by atoms with Gasteiger partial charge in [-0.3, -0.25) is 14.7 Å². The van der Waals surface area contributed by atoms with Crippen molar-refractivity contribution in [1.29, 1.82) is 0 Å². The van der Waals surface area contributed by atoms with Crippen LogP contribution in [0.5, 0.6) is 5.75 Å². The van der Waals surface area contributed by atoms with Gasteiger partial charge in [0.25, 0.3) is 5.69 Å². The molecule has 0 atom stereocenters. The summed E-state index contributed by atoms with van der Waals surface area (Å²) in [6, 6.07) is 6.74. The Morgan fingerprint density at radius 3 is 2.35 bits per heavy atom. The van der Waals surface area contributed by atoms with Crippen LogP contribution < -0.4 is 4.74 Å². The van der Waals surface area contributed by atoms with Gasteiger partial charge in [0.2, 0.25) is 0 Å². The number of carbonyl (C=O) groups excluding carboxylic acids is 2. The molecule has 0 amide bonds. The summed E-state index contributed by atoms with van der Waals surface area (Å²) in [5, 5.41) is 6.31. The number of nitrogens with zero attached hydrogens (tertiary/aromatic N) is 1. The van der Waals surface area contributed by atoms with Gasteiger partial charge in [0.15, 0.2) is 6.61 Å². The molecular weight excluding hydrogens is 583 g/mol. The van der Waals surface area contributed by atoms with Crippen molar-refractivity contribution in [1.82, 2.24) is 0 Å². The molecule has 166 valence electrons. The van der Waals surface area contributed by atoms with Gasteiger partial charge in [-0.1, -0.05) is 11.6 Å². The summed E-state index contributed by atoms with van der Waals surface area (Å²) in [5.74, 6) is -3.09. The third-order valence-electron chi connectivity index (χ3n) is 3.49. The maximum atomic E-state index is 13.2. The lowest BCUT2D eigenvalue weighted by molar-refractivity contribution is -0.385. The van der Waals surface area contributed by atoms with Gasteiger partial charge in [-0.15, -0.1) is 0 Å². The molecule has 0 saturated carbocycles. The number of nitro groups is 1. The molecule has 1 N–H and O–H groups in total. The fourth-order valence-corrected chi connectivity index (χ4v) is 3.16. The summed E-state index contributed by atoms with van der Waals surface area (Å²) >= 11 is 7.90. The summed E-state index contributed by atoms with van der Waals surface area (Å²) in [7, 11) is -5.90. The van der Waals surface area contributed by atoms with E-state index in [2.05, 4.69) is 4.74 Å². The standard InChI is InChI=1S/C16H9ClF2INO9S/c17-12-5-8(20)1-3-10(12)15(23)30-9-2-4-13(21(24)25)11(6-9)14(22)29-7-16(18,19)31(26,27)28/h1-6H,7H2,(H,26,27,28). The molecule has 2 rings (SSSR count). The average Bonchev–Trinajstić information content (AvgIpc) is 2.64. The lowest BCUT2D eigenvalue weighted by Crippen LogP contribution is -2.34. The summed E-state index contributed by atoms with van der Waals surface area (Å²) < 4.78 is 65.9. The number of ether oxygens (including phenoxy) is 2. The van der Waals surface area contributed by atoms with Crippen LogP contribution in [0.2, 0.25) is 5.02 Å². The molecule has 0 aromatic heterocycles.